The maximum atomic E-state index is 11.1. The molecule has 0 aliphatic carbocycles. The normalized spacial score (nSPS) is 11.3. The molecule has 1 amide bonds. The Bertz CT molecular complexity index is 910. The van der Waals surface area contributed by atoms with Gasteiger partial charge >= 0.3 is 0 Å². The van der Waals surface area contributed by atoms with Crippen molar-refractivity contribution >= 4 is 11.7 Å². The van der Waals surface area contributed by atoms with Crippen LogP contribution in [0.15, 0.2) is 70.2 Å². The first kappa shape index (κ1) is 16.3. The number of hydrogen-bond acceptors (Lipinski definition) is 4. The van der Waals surface area contributed by atoms with Crippen LogP contribution in [0.5, 0.6) is 0 Å². The summed E-state index contributed by atoms with van der Waals surface area (Å²) in [6, 6.07) is 18.2. The second-order valence-electron chi connectivity index (χ2n) is 5.34. The van der Waals surface area contributed by atoms with E-state index in [4.69, 9.17) is 15.9 Å². The van der Waals surface area contributed by atoms with Crippen LogP contribution in [0.4, 0.5) is 0 Å². The highest BCUT2D eigenvalue weighted by molar-refractivity contribution is 5.97. The van der Waals surface area contributed by atoms with Gasteiger partial charge in [0.25, 0.3) is 0 Å². The van der Waals surface area contributed by atoms with Crippen LogP contribution in [0.2, 0.25) is 0 Å². The van der Waals surface area contributed by atoms with E-state index in [1.54, 1.807) is 24.3 Å². The number of primary amides is 1. The standard InChI is InChI=1S/C19H17N3O3/c1-24-22-18(20)14-6-2-12(3-7-14)16-10-11-17(25-16)13-4-8-15(9-5-13)19(21)23/h2-11H,1H3,(H2,20,22)(H2,21,23). The summed E-state index contributed by atoms with van der Waals surface area (Å²) in [5, 5.41) is 3.70. The number of hydrogen-bond donors (Lipinski definition) is 2. The minimum absolute atomic E-state index is 0.309. The Labute approximate surface area is 144 Å². The number of furan rings is 1. The van der Waals surface area contributed by atoms with Crippen LogP contribution in [0.25, 0.3) is 22.6 Å². The predicted molar refractivity (Wildman–Crippen MR) is 95.8 cm³/mol. The number of rotatable bonds is 5. The molecular weight excluding hydrogens is 318 g/mol. The van der Waals surface area contributed by atoms with E-state index in [9.17, 15) is 4.79 Å². The monoisotopic (exact) mass is 335 g/mol. The van der Waals surface area contributed by atoms with Gasteiger partial charge in [-0.15, -0.1) is 0 Å². The van der Waals surface area contributed by atoms with Crippen molar-refractivity contribution in [2.75, 3.05) is 7.11 Å². The summed E-state index contributed by atoms with van der Waals surface area (Å²) in [5.74, 6) is 1.28. The van der Waals surface area contributed by atoms with E-state index in [-0.39, 0.29) is 0 Å². The Morgan fingerprint density at radius 2 is 1.32 bits per heavy atom. The minimum atomic E-state index is -0.456. The number of amides is 1. The maximum absolute atomic E-state index is 11.1. The molecule has 0 saturated heterocycles. The van der Waals surface area contributed by atoms with Crippen LogP contribution in [0.1, 0.15) is 15.9 Å². The molecule has 0 aliphatic heterocycles. The Kier molecular flexibility index (Phi) is 4.52. The number of amidine groups is 1. The molecule has 0 atom stereocenters. The van der Waals surface area contributed by atoms with E-state index < -0.39 is 5.91 Å². The van der Waals surface area contributed by atoms with Gasteiger partial charge in [0.1, 0.15) is 18.6 Å². The fourth-order valence-electron chi connectivity index (χ4n) is 2.40. The summed E-state index contributed by atoms with van der Waals surface area (Å²) in [6.07, 6.45) is 0. The molecule has 0 radical (unpaired) electrons. The van der Waals surface area contributed by atoms with E-state index in [1.165, 1.54) is 7.11 Å². The van der Waals surface area contributed by atoms with Gasteiger partial charge in [-0.2, -0.15) is 0 Å². The second kappa shape index (κ2) is 6.92. The van der Waals surface area contributed by atoms with Crippen LogP contribution in [-0.4, -0.2) is 18.9 Å². The van der Waals surface area contributed by atoms with Gasteiger partial charge in [-0.05, 0) is 24.3 Å². The third kappa shape index (κ3) is 3.53. The van der Waals surface area contributed by atoms with E-state index >= 15 is 0 Å². The van der Waals surface area contributed by atoms with Crippen molar-refractivity contribution in [1.82, 2.24) is 0 Å². The van der Waals surface area contributed by atoms with E-state index in [0.29, 0.717) is 17.2 Å². The largest absolute Gasteiger partial charge is 0.456 e. The summed E-state index contributed by atoms with van der Waals surface area (Å²) in [4.78, 5) is 15.8. The molecule has 1 aromatic heterocycles. The van der Waals surface area contributed by atoms with Crippen LogP contribution < -0.4 is 11.5 Å². The number of nitrogens with two attached hydrogens (primary N) is 2. The summed E-state index contributed by atoms with van der Waals surface area (Å²) < 4.78 is 5.90. The van der Waals surface area contributed by atoms with Crippen molar-refractivity contribution in [2.45, 2.75) is 0 Å². The van der Waals surface area contributed by atoms with Crippen LogP contribution >= 0.6 is 0 Å². The maximum Gasteiger partial charge on any atom is 0.248 e. The summed E-state index contributed by atoms with van der Waals surface area (Å²) in [5.41, 5.74) is 14.0. The van der Waals surface area contributed by atoms with Gasteiger partial charge in [0.15, 0.2) is 5.84 Å². The molecule has 2 aromatic carbocycles. The van der Waals surface area contributed by atoms with Crippen molar-refractivity contribution in [3.63, 3.8) is 0 Å². The minimum Gasteiger partial charge on any atom is -0.456 e. The van der Waals surface area contributed by atoms with E-state index in [0.717, 1.165) is 22.5 Å². The number of carbonyl (C=O) groups excluding carboxylic acids is 1. The van der Waals surface area contributed by atoms with Crippen LogP contribution in [0.3, 0.4) is 0 Å². The first-order valence-electron chi connectivity index (χ1n) is 7.56. The fourth-order valence-corrected chi connectivity index (χ4v) is 2.40. The molecule has 3 rings (SSSR count). The lowest BCUT2D eigenvalue weighted by atomic mass is 10.1. The van der Waals surface area contributed by atoms with Crippen LogP contribution in [0, 0.1) is 0 Å². The highest BCUT2D eigenvalue weighted by Gasteiger charge is 2.09. The van der Waals surface area contributed by atoms with Crippen molar-refractivity contribution in [3.8, 4) is 22.6 Å². The van der Waals surface area contributed by atoms with Crippen molar-refractivity contribution < 1.29 is 14.0 Å². The Hall–Kier alpha value is -3.54. The molecule has 0 bridgehead atoms. The fraction of sp³-hybridized carbons (Fsp3) is 0.0526. The van der Waals surface area contributed by atoms with E-state index in [1.807, 2.05) is 36.4 Å². The highest BCUT2D eigenvalue weighted by atomic mass is 16.6. The highest BCUT2D eigenvalue weighted by Crippen LogP contribution is 2.28. The predicted octanol–water partition coefficient (Wildman–Crippen LogP) is 2.98. The molecule has 0 spiro atoms. The Morgan fingerprint density at radius 1 is 0.840 bits per heavy atom. The van der Waals surface area contributed by atoms with E-state index in [2.05, 4.69) is 9.99 Å². The van der Waals surface area contributed by atoms with Gasteiger partial charge in [0.2, 0.25) is 5.91 Å². The molecule has 0 saturated carbocycles. The van der Waals surface area contributed by atoms with Gasteiger partial charge in [-0.3, -0.25) is 4.79 Å². The molecule has 126 valence electrons. The molecule has 0 fully saturated rings. The zero-order valence-corrected chi connectivity index (χ0v) is 13.6. The van der Waals surface area contributed by atoms with Crippen molar-refractivity contribution in [2.24, 2.45) is 16.6 Å². The Balaban J connectivity index is 1.83. The number of carbonyl (C=O) groups is 1. The average molecular weight is 335 g/mol. The molecule has 4 N–H and O–H groups in total. The first-order valence-corrected chi connectivity index (χ1v) is 7.56. The number of benzene rings is 2. The van der Waals surface area contributed by atoms with Crippen LogP contribution in [-0.2, 0) is 4.84 Å². The first-order chi connectivity index (χ1) is 12.1. The second-order valence-corrected chi connectivity index (χ2v) is 5.34. The summed E-state index contributed by atoms with van der Waals surface area (Å²) >= 11 is 0. The zero-order chi connectivity index (χ0) is 17.8. The molecule has 6 heteroatoms. The summed E-state index contributed by atoms with van der Waals surface area (Å²) in [6.45, 7) is 0. The van der Waals surface area contributed by atoms with Crippen molar-refractivity contribution in [1.29, 1.82) is 0 Å². The quantitative estimate of drug-likeness (QED) is 0.425. The molecule has 3 aromatic rings. The van der Waals surface area contributed by atoms with Gasteiger partial charge in [-0.1, -0.05) is 41.6 Å². The SMILES string of the molecule is CO/N=C(\N)c1ccc(-c2ccc(-c3ccc(C(N)=O)cc3)o2)cc1. The third-order valence-corrected chi connectivity index (χ3v) is 3.71. The lowest BCUT2D eigenvalue weighted by molar-refractivity contribution is 0.100. The topological polar surface area (TPSA) is 104 Å². The zero-order valence-electron chi connectivity index (χ0n) is 13.6. The van der Waals surface area contributed by atoms with Gasteiger partial charge < -0.3 is 20.7 Å². The Morgan fingerprint density at radius 3 is 1.76 bits per heavy atom. The van der Waals surface area contributed by atoms with Gasteiger partial charge in [0.05, 0.1) is 0 Å². The smallest absolute Gasteiger partial charge is 0.248 e. The summed E-state index contributed by atoms with van der Waals surface area (Å²) in [7, 11) is 1.45. The lowest BCUT2D eigenvalue weighted by Gasteiger charge is -2.02. The van der Waals surface area contributed by atoms with Gasteiger partial charge in [0, 0.05) is 22.3 Å². The molecular formula is C19H17N3O3. The number of nitrogens with zero attached hydrogens (tertiary/aromatic N) is 1. The average Bonchev–Trinajstić information content (AvgIpc) is 3.12. The van der Waals surface area contributed by atoms with Gasteiger partial charge in [-0.25, -0.2) is 0 Å². The van der Waals surface area contributed by atoms with Crippen molar-refractivity contribution in [3.05, 3.63) is 71.8 Å². The number of oxime groups is 1. The molecule has 25 heavy (non-hydrogen) atoms. The lowest BCUT2D eigenvalue weighted by Crippen LogP contribution is -2.13. The third-order valence-electron chi connectivity index (χ3n) is 3.71. The molecule has 0 aliphatic rings. The molecule has 1 heterocycles. The molecule has 6 nitrogen and oxygen atoms in total. The molecule has 0 unspecified atom stereocenters.